The Balaban J connectivity index is 2.71. The smallest absolute Gasteiger partial charge is 0.307 e. The van der Waals surface area contributed by atoms with E-state index in [1.54, 1.807) is 0 Å². The molecular formula is C13H12BrNO2. The van der Waals surface area contributed by atoms with Crippen molar-refractivity contribution >= 4 is 32.8 Å². The Morgan fingerprint density at radius 2 is 2.12 bits per heavy atom. The molecule has 0 aliphatic heterocycles. The van der Waals surface area contributed by atoms with Crippen LogP contribution in [0.25, 0.3) is 10.9 Å². The SMILES string of the molecule is Cc1ccc2c(Br)c(CC(=O)O)c(C)cc2n1. The van der Waals surface area contributed by atoms with Gasteiger partial charge in [-0.1, -0.05) is 0 Å². The molecule has 88 valence electrons. The Morgan fingerprint density at radius 1 is 1.41 bits per heavy atom. The summed E-state index contributed by atoms with van der Waals surface area (Å²) in [6, 6.07) is 5.82. The largest absolute Gasteiger partial charge is 0.481 e. The van der Waals surface area contributed by atoms with Gasteiger partial charge in [0.2, 0.25) is 0 Å². The van der Waals surface area contributed by atoms with Crippen molar-refractivity contribution in [2.75, 3.05) is 0 Å². The summed E-state index contributed by atoms with van der Waals surface area (Å²) in [5.41, 5.74) is 3.61. The van der Waals surface area contributed by atoms with Crippen LogP contribution in [-0.4, -0.2) is 16.1 Å². The average molecular weight is 294 g/mol. The highest BCUT2D eigenvalue weighted by molar-refractivity contribution is 9.10. The molecular weight excluding hydrogens is 282 g/mol. The molecule has 1 aromatic heterocycles. The number of fused-ring (bicyclic) bond motifs is 1. The number of benzene rings is 1. The highest BCUT2D eigenvalue weighted by atomic mass is 79.9. The number of aliphatic carboxylic acids is 1. The van der Waals surface area contributed by atoms with Crippen molar-refractivity contribution in [2.24, 2.45) is 0 Å². The highest BCUT2D eigenvalue weighted by Crippen LogP contribution is 2.30. The number of aryl methyl sites for hydroxylation is 2. The van der Waals surface area contributed by atoms with Gasteiger partial charge in [-0.25, -0.2) is 0 Å². The zero-order chi connectivity index (χ0) is 12.6. The van der Waals surface area contributed by atoms with Gasteiger partial charge in [-0.15, -0.1) is 0 Å². The van der Waals surface area contributed by atoms with Gasteiger partial charge < -0.3 is 5.11 Å². The minimum Gasteiger partial charge on any atom is -0.481 e. The normalized spacial score (nSPS) is 10.8. The number of pyridine rings is 1. The van der Waals surface area contributed by atoms with E-state index in [0.717, 1.165) is 32.2 Å². The first-order chi connectivity index (χ1) is 7.99. The summed E-state index contributed by atoms with van der Waals surface area (Å²) in [5, 5.41) is 9.85. The van der Waals surface area contributed by atoms with Crippen LogP contribution in [0.1, 0.15) is 16.8 Å². The summed E-state index contributed by atoms with van der Waals surface area (Å²) in [6.07, 6.45) is 0.0240. The first-order valence-corrected chi connectivity index (χ1v) is 6.05. The topological polar surface area (TPSA) is 50.2 Å². The van der Waals surface area contributed by atoms with E-state index in [1.165, 1.54) is 0 Å². The molecule has 0 unspecified atom stereocenters. The average Bonchev–Trinajstić information content (AvgIpc) is 2.23. The highest BCUT2D eigenvalue weighted by Gasteiger charge is 2.12. The lowest BCUT2D eigenvalue weighted by Crippen LogP contribution is -2.03. The van der Waals surface area contributed by atoms with E-state index in [9.17, 15) is 4.79 Å². The fourth-order valence-corrected chi connectivity index (χ4v) is 2.66. The van der Waals surface area contributed by atoms with Crippen LogP contribution in [0.15, 0.2) is 22.7 Å². The Kier molecular flexibility index (Phi) is 3.15. The molecule has 0 radical (unpaired) electrons. The molecule has 1 N–H and O–H groups in total. The van der Waals surface area contributed by atoms with Crippen molar-refractivity contribution in [1.82, 2.24) is 4.98 Å². The Morgan fingerprint density at radius 3 is 2.76 bits per heavy atom. The van der Waals surface area contributed by atoms with Gasteiger partial charge in [-0.2, -0.15) is 0 Å². The number of rotatable bonds is 2. The second-order valence-electron chi connectivity index (χ2n) is 4.08. The predicted molar refractivity (Wildman–Crippen MR) is 70.3 cm³/mol. The number of aromatic nitrogens is 1. The van der Waals surface area contributed by atoms with Crippen LogP contribution < -0.4 is 0 Å². The van der Waals surface area contributed by atoms with E-state index in [-0.39, 0.29) is 6.42 Å². The monoisotopic (exact) mass is 293 g/mol. The van der Waals surface area contributed by atoms with Gasteiger partial charge in [0.15, 0.2) is 0 Å². The lowest BCUT2D eigenvalue weighted by Gasteiger charge is -2.10. The Labute approximate surface area is 108 Å². The van der Waals surface area contributed by atoms with Crippen LogP contribution in [0.5, 0.6) is 0 Å². The van der Waals surface area contributed by atoms with Gasteiger partial charge in [0.05, 0.1) is 11.9 Å². The maximum absolute atomic E-state index is 10.8. The fraction of sp³-hybridized carbons (Fsp3) is 0.231. The third kappa shape index (κ3) is 2.31. The van der Waals surface area contributed by atoms with E-state index < -0.39 is 5.97 Å². The summed E-state index contributed by atoms with van der Waals surface area (Å²) in [4.78, 5) is 15.3. The lowest BCUT2D eigenvalue weighted by atomic mass is 10.0. The maximum Gasteiger partial charge on any atom is 0.307 e. The standard InChI is InChI=1S/C13H12BrNO2/c1-7-5-11-9(4-3-8(2)15-11)13(14)10(7)6-12(16)17/h3-5H,6H2,1-2H3,(H,16,17). The second kappa shape index (κ2) is 4.45. The molecule has 0 spiro atoms. The summed E-state index contributed by atoms with van der Waals surface area (Å²) in [6.45, 7) is 3.85. The first kappa shape index (κ1) is 12.0. The molecule has 2 rings (SSSR count). The second-order valence-corrected chi connectivity index (χ2v) is 4.87. The Bertz CT molecular complexity index is 608. The van der Waals surface area contributed by atoms with Crippen molar-refractivity contribution in [3.8, 4) is 0 Å². The van der Waals surface area contributed by atoms with Gasteiger partial charge >= 0.3 is 5.97 Å². The molecule has 0 aliphatic rings. The number of halogens is 1. The van der Waals surface area contributed by atoms with E-state index in [1.807, 2.05) is 32.0 Å². The van der Waals surface area contributed by atoms with E-state index >= 15 is 0 Å². The number of nitrogens with zero attached hydrogens (tertiary/aromatic N) is 1. The zero-order valence-corrected chi connectivity index (χ0v) is 11.2. The minimum absolute atomic E-state index is 0.0240. The van der Waals surface area contributed by atoms with E-state index in [0.29, 0.717) is 0 Å². The molecule has 3 nitrogen and oxygen atoms in total. The maximum atomic E-state index is 10.8. The quantitative estimate of drug-likeness (QED) is 0.925. The minimum atomic E-state index is -0.826. The number of carboxylic acids is 1. The predicted octanol–water partition coefficient (Wildman–Crippen LogP) is 3.24. The molecule has 0 amide bonds. The summed E-state index contributed by atoms with van der Waals surface area (Å²) in [7, 11) is 0. The third-order valence-electron chi connectivity index (χ3n) is 2.72. The van der Waals surface area contributed by atoms with Crippen LogP contribution in [0.2, 0.25) is 0 Å². The molecule has 4 heteroatoms. The van der Waals surface area contributed by atoms with Gasteiger partial charge in [0, 0.05) is 15.6 Å². The molecule has 1 heterocycles. The van der Waals surface area contributed by atoms with E-state index in [4.69, 9.17) is 5.11 Å². The number of carbonyl (C=O) groups is 1. The molecule has 0 bridgehead atoms. The van der Waals surface area contributed by atoms with E-state index in [2.05, 4.69) is 20.9 Å². The number of hydrogen-bond donors (Lipinski definition) is 1. The molecule has 0 aliphatic carbocycles. The molecule has 2 aromatic rings. The van der Waals surface area contributed by atoms with Crippen molar-refractivity contribution in [3.63, 3.8) is 0 Å². The van der Waals surface area contributed by atoms with Crippen molar-refractivity contribution < 1.29 is 9.90 Å². The molecule has 0 fully saturated rings. The number of carboxylic acid groups (broad SMARTS) is 1. The van der Waals surface area contributed by atoms with Gasteiger partial charge in [0.1, 0.15) is 0 Å². The zero-order valence-electron chi connectivity index (χ0n) is 9.62. The molecule has 17 heavy (non-hydrogen) atoms. The van der Waals surface area contributed by atoms with Crippen molar-refractivity contribution in [2.45, 2.75) is 20.3 Å². The third-order valence-corrected chi connectivity index (χ3v) is 3.63. The summed E-state index contributed by atoms with van der Waals surface area (Å²) < 4.78 is 0.836. The van der Waals surface area contributed by atoms with Crippen LogP contribution in [0.4, 0.5) is 0 Å². The summed E-state index contributed by atoms with van der Waals surface area (Å²) >= 11 is 3.48. The molecule has 0 atom stereocenters. The number of hydrogen-bond acceptors (Lipinski definition) is 2. The van der Waals surface area contributed by atoms with Gasteiger partial charge in [-0.3, -0.25) is 9.78 Å². The summed E-state index contributed by atoms with van der Waals surface area (Å²) in [5.74, 6) is -0.826. The van der Waals surface area contributed by atoms with Crippen LogP contribution >= 0.6 is 15.9 Å². The molecule has 1 aromatic carbocycles. The molecule has 0 saturated heterocycles. The van der Waals surface area contributed by atoms with Crippen LogP contribution in [0, 0.1) is 13.8 Å². The fourth-order valence-electron chi connectivity index (χ4n) is 1.87. The molecule has 0 saturated carbocycles. The Hall–Kier alpha value is -1.42. The first-order valence-electron chi connectivity index (χ1n) is 5.26. The lowest BCUT2D eigenvalue weighted by molar-refractivity contribution is -0.136. The van der Waals surface area contributed by atoms with Gasteiger partial charge in [0.25, 0.3) is 0 Å². The van der Waals surface area contributed by atoms with Crippen LogP contribution in [0.3, 0.4) is 0 Å². The van der Waals surface area contributed by atoms with Crippen molar-refractivity contribution in [1.29, 1.82) is 0 Å². The van der Waals surface area contributed by atoms with Gasteiger partial charge in [-0.05, 0) is 59.1 Å². The van der Waals surface area contributed by atoms with Crippen LogP contribution in [-0.2, 0) is 11.2 Å². The van der Waals surface area contributed by atoms with Crippen molar-refractivity contribution in [3.05, 3.63) is 39.5 Å².